The van der Waals surface area contributed by atoms with Crippen LogP contribution in [0.15, 0.2) is 30.3 Å². The van der Waals surface area contributed by atoms with Crippen LogP contribution in [0, 0.1) is 0 Å². The van der Waals surface area contributed by atoms with Gasteiger partial charge < -0.3 is 10.0 Å². The zero-order valence-corrected chi connectivity index (χ0v) is 14.5. The molecule has 1 saturated heterocycles. The molecule has 1 aromatic carbocycles. The fourth-order valence-electron chi connectivity index (χ4n) is 3.86. The van der Waals surface area contributed by atoms with Crippen molar-refractivity contribution in [3.63, 3.8) is 0 Å². The lowest BCUT2D eigenvalue weighted by atomic mass is 9.94. The van der Waals surface area contributed by atoms with Gasteiger partial charge in [-0.2, -0.15) is 0 Å². The molecule has 1 saturated carbocycles. The van der Waals surface area contributed by atoms with E-state index in [2.05, 4.69) is 4.90 Å². The molecule has 1 aliphatic heterocycles. The van der Waals surface area contributed by atoms with Crippen molar-refractivity contribution in [2.75, 3.05) is 20.1 Å². The number of nitrogens with zero attached hydrogens (tertiary/aromatic N) is 2. The van der Waals surface area contributed by atoms with Gasteiger partial charge in [-0.3, -0.25) is 9.69 Å². The third kappa shape index (κ3) is 4.06. The summed E-state index contributed by atoms with van der Waals surface area (Å²) in [6, 6.07) is 9.81. The van der Waals surface area contributed by atoms with Crippen LogP contribution in [0.25, 0.3) is 0 Å². The van der Waals surface area contributed by atoms with E-state index >= 15 is 0 Å². The highest BCUT2D eigenvalue weighted by atomic mass is 35.5. The second-order valence-electron chi connectivity index (χ2n) is 6.66. The lowest BCUT2D eigenvalue weighted by Crippen LogP contribution is -2.44. The molecule has 0 radical (unpaired) electrons. The third-order valence-electron chi connectivity index (χ3n) is 5.22. The first kappa shape index (κ1) is 18.2. The van der Waals surface area contributed by atoms with Crippen molar-refractivity contribution in [1.82, 2.24) is 9.80 Å². The fourth-order valence-corrected chi connectivity index (χ4v) is 3.86. The molecule has 0 spiro atoms. The molecule has 23 heavy (non-hydrogen) atoms. The smallest absolute Gasteiger partial charge is 0.253 e. The molecule has 1 aliphatic carbocycles. The average Bonchev–Trinajstić information content (AvgIpc) is 2.97. The largest absolute Gasteiger partial charge is 0.390 e. The predicted octanol–water partition coefficient (Wildman–Crippen LogP) is 2.56. The molecule has 2 atom stereocenters. The Hall–Kier alpha value is -1.10. The summed E-state index contributed by atoms with van der Waals surface area (Å²) in [4.78, 5) is 16.7. The SMILES string of the molecule is CN(C(=O)c1ccccc1)[C@H]1CN(C2CCCCC2)C[C@@H]1O.Cl. The molecule has 1 heterocycles. The highest BCUT2D eigenvalue weighted by Gasteiger charge is 2.39. The molecular weight excluding hydrogens is 312 g/mol. The Morgan fingerprint density at radius 2 is 1.78 bits per heavy atom. The summed E-state index contributed by atoms with van der Waals surface area (Å²) in [5, 5.41) is 10.4. The highest BCUT2D eigenvalue weighted by molar-refractivity contribution is 5.94. The molecule has 3 rings (SSSR count). The summed E-state index contributed by atoms with van der Waals surface area (Å²) >= 11 is 0. The monoisotopic (exact) mass is 338 g/mol. The van der Waals surface area contributed by atoms with Gasteiger partial charge in [-0.05, 0) is 25.0 Å². The van der Waals surface area contributed by atoms with E-state index < -0.39 is 6.10 Å². The number of likely N-dealkylation sites (tertiary alicyclic amines) is 1. The zero-order valence-electron chi connectivity index (χ0n) is 13.7. The summed E-state index contributed by atoms with van der Waals surface area (Å²) in [6.07, 6.45) is 5.94. The van der Waals surface area contributed by atoms with Gasteiger partial charge in [0.15, 0.2) is 0 Å². The molecular formula is C18H27ClN2O2. The fraction of sp³-hybridized carbons (Fsp3) is 0.611. The van der Waals surface area contributed by atoms with Crippen molar-refractivity contribution in [2.45, 2.75) is 50.3 Å². The molecule has 0 unspecified atom stereocenters. The average molecular weight is 339 g/mol. The first-order valence-corrected chi connectivity index (χ1v) is 8.41. The van der Waals surface area contributed by atoms with Crippen LogP contribution in [0.4, 0.5) is 0 Å². The predicted molar refractivity (Wildman–Crippen MR) is 94.0 cm³/mol. The molecule has 2 fully saturated rings. The molecule has 1 amide bonds. The lowest BCUT2D eigenvalue weighted by Gasteiger charge is -2.31. The molecule has 2 aliphatic rings. The quantitative estimate of drug-likeness (QED) is 0.921. The standard InChI is InChI=1S/C18H26N2O2.ClH/c1-19(18(22)14-8-4-2-5-9-14)16-12-20(13-17(16)21)15-10-6-3-7-11-15;/h2,4-5,8-9,15-17,21H,3,6-7,10-13H2,1H3;1H/t16-,17-;/m0./s1. The number of amides is 1. The number of aliphatic hydroxyl groups excluding tert-OH is 1. The van der Waals surface area contributed by atoms with E-state index in [1.807, 2.05) is 37.4 Å². The van der Waals surface area contributed by atoms with E-state index in [0.717, 1.165) is 6.54 Å². The van der Waals surface area contributed by atoms with Crippen molar-refractivity contribution in [2.24, 2.45) is 0 Å². The number of β-amino-alcohol motifs (C(OH)–C–C–N with tert-alkyl or cyclic N) is 1. The van der Waals surface area contributed by atoms with Gasteiger partial charge in [-0.15, -0.1) is 12.4 Å². The number of hydrogen-bond donors (Lipinski definition) is 1. The number of halogens is 1. The maximum atomic E-state index is 12.6. The number of aliphatic hydroxyl groups is 1. The van der Waals surface area contributed by atoms with Gasteiger partial charge in [-0.1, -0.05) is 37.5 Å². The van der Waals surface area contributed by atoms with Crippen LogP contribution < -0.4 is 0 Å². The Labute approximate surface area is 144 Å². The number of carbonyl (C=O) groups excluding carboxylic acids is 1. The van der Waals surface area contributed by atoms with Gasteiger partial charge in [0.1, 0.15) is 0 Å². The minimum atomic E-state index is -0.445. The second-order valence-corrected chi connectivity index (χ2v) is 6.66. The number of likely N-dealkylation sites (N-methyl/N-ethyl adjacent to an activating group) is 1. The van der Waals surface area contributed by atoms with E-state index in [-0.39, 0.29) is 24.4 Å². The minimum absolute atomic E-state index is 0. The van der Waals surface area contributed by atoms with Crippen molar-refractivity contribution >= 4 is 18.3 Å². The lowest BCUT2D eigenvalue weighted by molar-refractivity contribution is 0.0581. The maximum absolute atomic E-state index is 12.6. The van der Waals surface area contributed by atoms with Crippen LogP contribution in [0.3, 0.4) is 0 Å². The Bertz CT molecular complexity index is 505. The van der Waals surface area contributed by atoms with Gasteiger partial charge in [-0.25, -0.2) is 0 Å². The first-order chi connectivity index (χ1) is 10.7. The maximum Gasteiger partial charge on any atom is 0.253 e. The second kappa shape index (κ2) is 8.13. The van der Waals surface area contributed by atoms with Crippen molar-refractivity contribution in [1.29, 1.82) is 0 Å². The number of benzene rings is 1. The molecule has 0 aromatic heterocycles. The van der Waals surface area contributed by atoms with Gasteiger partial charge in [0.2, 0.25) is 0 Å². The summed E-state index contributed by atoms with van der Waals surface area (Å²) in [7, 11) is 1.81. The van der Waals surface area contributed by atoms with E-state index in [1.165, 1.54) is 32.1 Å². The van der Waals surface area contributed by atoms with Gasteiger partial charge in [0, 0.05) is 31.7 Å². The summed E-state index contributed by atoms with van der Waals surface area (Å²) in [5.41, 5.74) is 0.688. The Balaban J connectivity index is 0.00000192. The van der Waals surface area contributed by atoms with Crippen molar-refractivity contribution < 1.29 is 9.90 Å². The molecule has 1 N–H and O–H groups in total. The number of hydrogen-bond acceptors (Lipinski definition) is 3. The van der Waals surface area contributed by atoms with E-state index in [1.54, 1.807) is 4.90 Å². The van der Waals surface area contributed by atoms with E-state index in [0.29, 0.717) is 18.2 Å². The van der Waals surface area contributed by atoms with Crippen molar-refractivity contribution in [3.8, 4) is 0 Å². The molecule has 0 bridgehead atoms. The number of rotatable bonds is 3. The summed E-state index contributed by atoms with van der Waals surface area (Å²) in [5.74, 6) is -0.00450. The van der Waals surface area contributed by atoms with Crippen LogP contribution in [0.2, 0.25) is 0 Å². The highest BCUT2D eigenvalue weighted by Crippen LogP contribution is 2.27. The van der Waals surface area contributed by atoms with Crippen LogP contribution in [0.1, 0.15) is 42.5 Å². The van der Waals surface area contributed by atoms with Gasteiger partial charge >= 0.3 is 0 Å². The number of carbonyl (C=O) groups is 1. The summed E-state index contributed by atoms with van der Waals surface area (Å²) in [6.45, 7) is 1.49. The Morgan fingerprint density at radius 1 is 1.13 bits per heavy atom. The summed E-state index contributed by atoms with van der Waals surface area (Å²) < 4.78 is 0. The molecule has 5 heteroatoms. The Kier molecular flexibility index (Phi) is 6.45. The van der Waals surface area contributed by atoms with Crippen LogP contribution in [-0.2, 0) is 0 Å². The molecule has 1 aromatic rings. The third-order valence-corrected chi connectivity index (χ3v) is 5.22. The van der Waals surface area contributed by atoms with Crippen LogP contribution in [-0.4, -0.2) is 59.1 Å². The van der Waals surface area contributed by atoms with Gasteiger partial charge in [0.05, 0.1) is 12.1 Å². The van der Waals surface area contributed by atoms with E-state index in [4.69, 9.17) is 0 Å². The van der Waals surface area contributed by atoms with Crippen molar-refractivity contribution in [3.05, 3.63) is 35.9 Å². The zero-order chi connectivity index (χ0) is 15.5. The van der Waals surface area contributed by atoms with E-state index in [9.17, 15) is 9.90 Å². The molecule has 4 nitrogen and oxygen atoms in total. The van der Waals surface area contributed by atoms with Gasteiger partial charge in [0.25, 0.3) is 5.91 Å². The normalized spacial score (nSPS) is 25.8. The van der Waals surface area contributed by atoms with Crippen LogP contribution in [0.5, 0.6) is 0 Å². The topological polar surface area (TPSA) is 43.8 Å². The molecule has 128 valence electrons. The minimum Gasteiger partial charge on any atom is -0.390 e. The van der Waals surface area contributed by atoms with Crippen LogP contribution >= 0.6 is 12.4 Å². The first-order valence-electron chi connectivity index (χ1n) is 8.41. The Morgan fingerprint density at radius 3 is 2.43 bits per heavy atom.